The second kappa shape index (κ2) is 18.2. The van der Waals surface area contributed by atoms with Crippen LogP contribution in [0, 0.1) is 12.3 Å². The third-order valence-electron chi connectivity index (χ3n) is 13.8. The van der Waals surface area contributed by atoms with Crippen molar-refractivity contribution in [2.24, 2.45) is 0 Å². The number of allylic oxidation sites excluding steroid dienone is 8. The molecule has 0 aliphatic heterocycles. The van der Waals surface area contributed by atoms with Gasteiger partial charge in [-0.15, -0.1) is 6.42 Å². The van der Waals surface area contributed by atoms with Crippen LogP contribution in [0.5, 0.6) is 0 Å². The summed E-state index contributed by atoms with van der Waals surface area (Å²) in [5.41, 5.74) is 20.5. The van der Waals surface area contributed by atoms with Crippen LogP contribution in [0.15, 0.2) is 247 Å². The van der Waals surface area contributed by atoms with E-state index in [1.165, 1.54) is 21.9 Å². The van der Waals surface area contributed by atoms with Gasteiger partial charge in [0.2, 0.25) is 0 Å². The lowest BCUT2D eigenvalue weighted by Gasteiger charge is -2.20. The van der Waals surface area contributed by atoms with Crippen molar-refractivity contribution in [3.05, 3.63) is 259 Å². The van der Waals surface area contributed by atoms with Crippen LogP contribution in [0.2, 0.25) is 0 Å². The molecule has 0 bridgehead atoms. The smallest absolute Gasteiger partial charge is 0.142 e. The third-order valence-corrected chi connectivity index (χ3v) is 13.8. The predicted octanol–water partition coefficient (Wildman–Crippen LogP) is 18.0. The minimum absolute atomic E-state index is 0.799. The third kappa shape index (κ3) is 7.72. The van der Waals surface area contributed by atoms with Crippen LogP contribution in [0.25, 0.3) is 99.5 Å². The van der Waals surface area contributed by atoms with E-state index in [0.717, 1.165) is 119 Å². The molecule has 0 atom stereocenters. The fourth-order valence-electron chi connectivity index (χ4n) is 10.4. The van der Waals surface area contributed by atoms with Crippen molar-refractivity contribution in [1.82, 2.24) is 4.57 Å². The topological polar surface area (TPSA) is 30.1 Å². The molecule has 0 radical (unpaired) electrons. The van der Waals surface area contributed by atoms with Gasteiger partial charge >= 0.3 is 0 Å². The van der Waals surface area contributed by atoms with Crippen molar-refractivity contribution in [3.63, 3.8) is 0 Å². The molecule has 1 aliphatic rings. The summed E-state index contributed by atoms with van der Waals surface area (Å²) in [7, 11) is 0. The van der Waals surface area contributed by atoms with Crippen molar-refractivity contribution in [2.75, 3.05) is 5.32 Å². The minimum Gasteiger partial charge on any atom is -0.455 e. The summed E-state index contributed by atoms with van der Waals surface area (Å²) < 4.78 is 8.85. The standard InChI is InChI=1S/C67H48N2O/c1-3-45(49-22-18-23-50(41-49)47-20-6-5-7-21-47)40-46(4-2)51-42-52(44-53(43-51)56-25-9-14-32-63(56)69-64-33-15-10-26-58(64)59-27-11-16-34-65(59)69)55-24-8-13-31-62(55)68-54-38-36-48(37-39-54)57-29-19-30-61-60-28-12-17-35-66(60)70-67(57)61/h2-3,5-36,38,40-44,68H,37,39H2,1H3/b45-3+,46-40+. The van der Waals surface area contributed by atoms with Gasteiger partial charge in [0.1, 0.15) is 11.2 Å². The zero-order valence-corrected chi connectivity index (χ0v) is 38.9. The highest BCUT2D eigenvalue weighted by molar-refractivity contribution is 6.10. The number of benzene rings is 9. The van der Waals surface area contributed by atoms with E-state index in [1.54, 1.807) is 0 Å². The number of nitrogens with zero attached hydrogens (tertiary/aromatic N) is 1. The lowest BCUT2D eigenvalue weighted by Crippen LogP contribution is -2.04. The van der Waals surface area contributed by atoms with Crippen LogP contribution in [-0.4, -0.2) is 4.57 Å². The number of aromatic nitrogens is 1. The number of fused-ring (bicyclic) bond motifs is 6. The highest BCUT2D eigenvalue weighted by atomic mass is 16.3. The average molecular weight is 897 g/mol. The Balaban J connectivity index is 0.980. The van der Waals surface area contributed by atoms with E-state index in [1.807, 2.05) is 12.1 Å². The summed E-state index contributed by atoms with van der Waals surface area (Å²) in [5, 5.41) is 8.62. The molecule has 0 unspecified atom stereocenters. The molecule has 0 saturated heterocycles. The van der Waals surface area contributed by atoms with Crippen molar-refractivity contribution >= 4 is 66.2 Å². The quantitative estimate of drug-likeness (QED) is 0.109. The van der Waals surface area contributed by atoms with Crippen molar-refractivity contribution in [1.29, 1.82) is 0 Å². The molecule has 11 aromatic rings. The lowest BCUT2D eigenvalue weighted by atomic mass is 9.90. The maximum Gasteiger partial charge on any atom is 0.142 e. The molecule has 0 amide bonds. The first-order valence-electron chi connectivity index (χ1n) is 24.0. The Bertz CT molecular complexity index is 3940. The van der Waals surface area contributed by atoms with Gasteiger partial charge in [0.05, 0.1) is 16.7 Å². The molecular weight excluding hydrogens is 849 g/mol. The van der Waals surface area contributed by atoms with E-state index in [4.69, 9.17) is 10.8 Å². The summed E-state index contributed by atoms with van der Waals surface area (Å²) in [5.74, 6) is 3.14. The average Bonchev–Trinajstić information content (AvgIpc) is 3.98. The Morgan fingerprint density at radius 3 is 1.90 bits per heavy atom. The predicted molar refractivity (Wildman–Crippen MR) is 297 cm³/mol. The Kier molecular flexibility index (Phi) is 11.0. The Morgan fingerprint density at radius 2 is 1.14 bits per heavy atom. The molecule has 1 N–H and O–H groups in total. The first-order valence-corrected chi connectivity index (χ1v) is 24.0. The van der Waals surface area contributed by atoms with Crippen molar-refractivity contribution in [2.45, 2.75) is 19.8 Å². The molecular formula is C67H48N2O. The van der Waals surface area contributed by atoms with Gasteiger partial charge in [0, 0.05) is 55.2 Å². The largest absolute Gasteiger partial charge is 0.455 e. The number of rotatable bonds is 10. The molecule has 3 heteroatoms. The maximum atomic E-state index is 6.59. The van der Waals surface area contributed by atoms with Crippen LogP contribution in [-0.2, 0) is 0 Å². The minimum atomic E-state index is 0.799. The van der Waals surface area contributed by atoms with Gasteiger partial charge in [-0.1, -0.05) is 176 Å². The molecule has 2 heterocycles. The monoisotopic (exact) mass is 896 g/mol. The number of hydrogen-bond acceptors (Lipinski definition) is 2. The summed E-state index contributed by atoms with van der Waals surface area (Å²) in [6.45, 7) is 2.08. The van der Waals surface area contributed by atoms with Gasteiger partial charge in [-0.2, -0.15) is 0 Å². The van der Waals surface area contributed by atoms with Crippen molar-refractivity contribution < 1.29 is 4.42 Å². The molecule has 1 aliphatic carbocycles. The van der Waals surface area contributed by atoms with Crippen LogP contribution in [0.3, 0.4) is 0 Å². The van der Waals surface area contributed by atoms with Crippen LogP contribution < -0.4 is 5.32 Å². The first-order chi connectivity index (χ1) is 34.6. The Labute approximate surface area is 408 Å². The van der Waals surface area contributed by atoms with E-state index in [0.29, 0.717) is 0 Å². The van der Waals surface area contributed by atoms with E-state index in [9.17, 15) is 0 Å². The second-order valence-corrected chi connectivity index (χ2v) is 17.9. The number of para-hydroxylation sites is 6. The van der Waals surface area contributed by atoms with E-state index >= 15 is 0 Å². The lowest BCUT2D eigenvalue weighted by molar-refractivity contribution is 0.667. The molecule has 70 heavy (non-hydrogen) atoms. The summed E-state index contributed by atoms with van der Waals surface area (Å²) >= 11 is 0. The number of anilines is 1. The Morgan fingerprint density at radius 1 is 0.529 bits per heavy atom. The molecule has 3 nitrogen and oxygen atoms in total. The number of terminal acetylenes is 1. The van der Waals surface area contributed by atoms with E-state index in [2.05, 4.69) is 247 Å². The highest BCUT2D eigenvalue weighted by Gasteiger charge is 2.20. The Hall–Kier alpha value is -9.10. The first kappa shape index (κ1) is 42.3. The van der Waals surface area contributed by atoms with Crippen LogP contribution >= 0.6 is 0 Å². The maximum absolute atomic E-state index is 6.59. The molecule has 2 aromatic heterocycles. The highest BCUT2D eigenvalue weighted by Crippen LogP contribution is 2.42. The fourth-order valence-corrected chi connectivity index (χ4v) is 10.4. The molecule has 12 rings (SSSR count). The van der Waals surface area contributed by atoms with Gasteiger partial charge in [0.15, 0.2) is 0 Å². The fraction of sp³-hybridized carbons (Fsp3) is 0.0448. The number of hydrogen-bond donors (Lipinski definition) is 1. The van der Waals surface area contributed by atoms with Crippen LogP contribution in [0.1, 0.15) is 36.5 Å². The van der Waals surface area contributed by atoms with E-state index in [-0.39, 0.29) is 0 Å². The molecule has 0 fully saturated rings. The van der Waals surface area contributed by atoms with Gasteiger partial charge in [0.25, 0.3) is 0 Å². The molecule has 0 spiro atoms. The number of furan rings is 1. The van der Waals surface area contributed by atoms with Crippen molar-refractivity contribution in [3.8, 4) is 51.4 Å². The summed E-state index contributed by atoms with van der Waals surface area (Å²) in [4.78, 5) is 0. The second-order valence-electron chi connectivity index (χ2n) is 17.9. The van der Waals surface area contributed by atoms with E-state index < -0.39 is 0 Å². The zero-order valence-electron chi connectivity index (χ0n) is 38.9. The molecule has 0 saturated carbocycles. The molecule has 9 aromatic carbocycles. The summed E-state index contributed by atoms with van der Waals surface area (Å²) in [6.07, 6.45) is 17.1. The van der Waals surface area contributed by atoms with Gasteiger partial charge in [-0.25, -0.2) is 0 Å². The summed E-state index contributed by atoms with van der Waals surface area (Å²) in [6, 6.07) is 75.6. The SMILES string of the molecule is C#C/C(=C\C(=C/C)c1cccc(-c2ccccc2)c1)c1cc(-c2ccccc2NC2=CC=C(c3cccc4c3oc3ccccc34)CC2)cc(-c2ccccc2-n2c3ccccc3c3ccccc32)c1. The zero-order chi connectivity index (χ0) is 47.0. The van der Waals surface area contributed by atoms with Gasteiger partial charge in [-0.05, 0) is 131 Å². The van der Waals surface area contributed by atoms with Crippen LogP contribution in [0.4, 0.5) is 5.69 Å². The normalized spacial score (nSPS) is 13.1. The van der Waals surface area contributed by atoms with Gasteiger partial charge in [-0.3, -0.25) is 0 Å². The van der Waals surface area contributed by atoms with Gasteiger partial charge < -0.3 is 14.3 Å². The molecule has 332 valence electrons. The number of nitrogens with one attached hydrogen (secondary N) is 1.